The van der Waals surface area contributed by atoms with Gasteiger partial charge in [-0.15, -0.1) is 11.3 Å². The molecule has 2 aromatic heterocycles. The highest BCUT2D eigenvalue weighted by Crippen LogP contribution is 2.50. The van der Waals surface area contributed by atoms with E-state index in [0.717, 1.165) is 29.2 Å². The van der Waals surface area contributed by atoms with Crippen LogP contribution in [-0.4, -0.2) is 56.5 Å². The Morgan fingerprint density at radius 2 is 1.78 bits per heavy atom. The quantitative estimate of drug-likeness (QED) is 0.680. The van der Waals surface area contributed by atoms with E-state index in [0.29, 0.717) is 37.7 Å². The van der Waals surface area contributed by atoms with Crippen molar-refractivity contribution in [1.82, 2.24) is 18.5 Å². The maximum absolute atomic E-state index is 12.8. The average molecular weight is 399 g/mol. The lowest BCUT2D eigenvalue weighted by Crippen LogP contribution is -2.51. The van der Waals surface area contributed by atoms with Crippen molar-refractivity contribution in [2.45, 2.75) is 12.3 Å². The van der Waals surface area contributed by atoms with Crippen molar-refractivity contribution in [1.29, 1.82) is 0 Å². The molecule has 5 rings (SSSR count). The summed E-state index contributed by atoms with van der Waals surface area (Å²) in [7, 11) is 0. The van der Waals surface area contributed by atoms with Gasteiger partial charge in [0.2, 0.25) is 5.91 Å². The van der Waals surface area contributed by atoms with Gasteiger partial charge in [0.05, 0.1) is 11.7 Å². The Morgan fingerprint density at radius 1 is 1.00 bits per heavy atom. The molecule has 27 heavy (non-hydrogen) atoms. The number of hydrogen-bond acceptors (Lipinski definition) is 6. The second-order valence-electron chi connectivity index (χ2n) is 7.05. The van der Waals surface area contributed by atoms with Crippen LogP contribution in [0.15, 0.2) is 35.7 Å². The molecule has 1 aliphatic heterocycles. The molecule has 138 valence electrons. The summed E-state index contributed by atoms with van der Waals surface area (Å²) < 4.78 is 8.37. The van der Waals surface area contributed by atoms with Crippen LogP contribution < -0.4 is 0 Å². The van der Waals surface area contributed by atoms with E-state index in [1.165, 1.54) is 4.88 Å². The van der Waals surface area contributed by atoms with Crippen LogP contribution >= 0.6 is 23.1 Å². The molecule has 0 bridgehead atoms. The fourth-order valence-electron chi connectivity index (χ4n) is 3.75. The van der Waals surface area contributed by atoms with E-state index < -0.39 is 0 Å². The maximum Gasteiger partial charge on any atom is 0.254 e. The van der Waals surface area contributed by atoms with Gasteiger partial charge in [0.15, 0.2) is 0 Å². The van der Waals surface area contributed by atoms with Gasteiger partial charge >= 0.3 is 0 Å². The van der Waals surface area contributed by atoms with Gasteiger partial charge in [0.1, 0.15) is 11.0 Å². The van der Waals surface area contributed by atoms with E-state index in [9.17, 15) is 9.59 Å². The third-order valence-corrected chi connectivity index (χ3v) is 6.96. The minimum atomic E-state index is -0.000108. The molecule has 2 fully saturated rings. The van der Waals surface area contributed by atoms with Gasteiger partial charge in [-0.2, -0.15) is 8.75 Å². The van der Waals surface area contributed by atoms with E-state index in [1.54, 1.807) is 23.5 Å². The highest BCUT2D eigenvalue weighted by molar-refractivity contribution is 7.10. The van der Waals surface area contributed by atoms with Gasteiger partial charge in [0.25, 0.3) is 5.91 Å². The van der Waals surface area contributed by atoms with Crippen LogP contribution in [0, 0.1) is 5.92 Å². The SMILES string of the molecule is O=C(c1ccc2nsnc2c1)N1CCN(C(=O)[C@@H]2C[C@H]2c2cccs2)CC1. The molecular formula is C19H18N4O2S2. The van der Waals surface area contributed by atoms with E-state index >= 15 is 0 Å². The number of rotatable bonds is 3. The van der Waals surface area contributed by atoms with Crippen LogP contribution in [0.4, 0.5) is 0 Å². The molecule has 1 saturated carbocycles. The summed E-state index contributed by atoms with van der Waals surface area (Å²) in [5, 5.41) is 2.07. The minimum Gasteiger partial charge on any atom is -0.339 e. The summed E-state index contributed by atoms with van der Waals surface area (Å²) in [5.41, 5.74) is 2.21. The van der Waals surface area contributed by atoms with E-state index in [4.69, 9.17) is 0 Å². The van der Waals surface area contributed by atoms with Crippen molar-refractivity contribution in [3.63, 3.8) is 0 Å². The van der Waals surface area contributed by atoms with E-state index in [2.05, 4.69) is 20.2 Å². The Bertz CT molecular complexity index is 992. The lowest BCUT2D eigenvalue weighted by molar-refractivity contribution is -0.134. The molecule has 2 amide bonds. The molecule has 0 radical (unpaired) electrons. The number of thiophene rings is 1. The number of fused-ring (bicyclic) bond motifs is 1. The third kappa shape index (κ3) is 3.12. The molecule has 8 heteroatoms. The zero-order valence-corrected chi connectivity index (χ0v) is 16.2. The van der Waals surface area contributed by atoms with E-state index in [-0.39, 0.29) is 17.7 Å². The van der Waals surface area contributed by atoms with Crippen molar-refractivity contribution < 1.29 is 9.59 Å². The summed E-state index contributed by atoms with van der Waals surface area (Å²) in [6, 6.07) is 9.61. The molecule has 2 atom stereocenters. The first-order valence-corrected chi connectivity index (χ1v) is 10.7. The van der Waals surface area contributed by atoms with Crippen LogP contribution in [0.25, 0.3) is 11.0 Å². The number of nitrogens with zero attached hydrogens (tertiary/aromatic N) is 4. The predicted molar refractivity (Wildman–Crippen MR) is 105 cm³/mol. The van der Waals surface area contributed by atoms with Crippen molar-refractivity contribution in [2.24, 2.45) is 5.92 Å². The smallest absolute Gasteiger partial charge is 0.254 e. The lowest BCUT2D eigenvalue weighted by atomic mass is 10.1. The minimum absolute atomic E-state index is 0.000108. The van der Waals surface area contributed by atoms with Crippen molar-refractivity contribution in [3.8, 4) is 0 Å². The monoisotopic (exact) mass is 398 g/mol. The molecule has 1 aliphatic carbocycles. The molecule has 3 heterocycles. The average Bonchev–Trinajstić information content (AvgIpc) is 3.10. The van der Waals surface area contributed by atoms with E-state index in [1.807, 2.05) is 21.9 Å². The highest BCUT2D eigenvalue weighted by Gasteiger charge is 2.46. The number of hydrogen-bond donors (Lipinski definition) is 0. The first kappa shape index (κ1) is 16.8. The molecule has 2 aliphatic rings. The molecule has 6 nitrogen and oxygen atoms in total. The zero-order valence-electron chi connectivity index (χ0n) is 14.6. The first-order chi connectivity index (χ1) is 13.2. The van der Waals surface area contributed by atoms with Crippen molar-refractivity contribution in [3.05, 3.63) is 46.2 Å². The standard InChI is InChI=1S/C19H18N4O2S2/c24-18(12-3-4-15-16(10-12)21-27-20-15)22-5-7-23(8-6-22)19(25)14-11-13(14)17-2-1-9-26-17/h1-4,9-10,13-14H,5-8,11H2/t13-,14-/m1/s1. The van der Waals surface area contributed by atoms with Crippen LogP contribution in [0.3, 0.4) is 0 Å². The Kier molecular flexibility index (Phi) is 4.17. The largest absolute Gasteiger partial charge is 0.339 e. The second kappa shape index (κ2) is 6.69. The number of carbonyl (C=O) groups excluding carboxylic acids is 2. The van der Waals surface area contributed by atoms with Crippen LogP contribution in [0.1, 0.15) is 27.6 Å². The first-order valence-electron chi connectivity index (χ1n) is 9.04. The third-order valence-electron chi connectivity index (χ3n) is 5.40. The number of benzene rings is 1. The Balaban J connectivity index is 1.20. The van der Waals surface area contributed by atoms with Gasteiger partial charge in [-0.3, -0.25) is 9.59 Å². The summed E-state index contributed by atoms with van der Waals surface area (Å²) in [4.78, 5) is 30.6. The molecule has 0 N–H and O–H groups in total. The number of aromatic nitrogens is 2. The predicted octanol–water partition coefficient (Wildman–Crippen LogP) is 2.84. The summed E-state index contributed by atoms with van der Waals surface area (Å²) in [6.07, 6.45) is 0.959. The molecule has 1 saturated heterocycles. The van der Waals surface area contributed by atoms with Gasteiger partial charge in [-0.25, -0.2) is 0 Å². The lowest BCUT2D eigenvalue weighted by Gasteiger charge is -2.35. The molecule has 0 unspecified atom stereocenters. The fourth-order valence-corrected chi connectivity index (χ4v) is 5.17. The topological polar surface area (TPSA) is 66.4 Å². The molecule has 1 aromatic carbocycles. The summed E-state index contributed by atoms with van der Waals surface area (Å²) in [5.74, 6) is 0.774. The number of piperazine rings is 1. The van der Waals surface area contributed by atoms with Gasteiger partial charge < -0.3 is 9.80 Å². The van der Waals surface area contributed by atoms with Crippen LogP contribution in [0.2, 0.25) is 0 Å². The molecule has 3 aromatic rings. The summed E-state index contributed by atoms with van der Waals surface area (Å²) >= 11 is 2.88. The van der Waals surface area contributed by atoms with Crippen molar-refractivity contribution >= 4 is 45.9 Å². The molecular weight excluding hydrogens is 380 g/mol. The fraction of sp³-hybridized carbons (Fsp3) is 0.368. The van der Waals surface area contributed by atoms with Gasteiger partial charge in [-0.1, -0.05) is 6.07 Å². The second-order valence-corrected chi connectivity index (χ2v) is 8.56. The zero-order chi connectivity index (χ0) is 18.4. The number of carbonyl (C=O) groups is 2. The van der Waals surface area contributed by atoms with Crippen molar-refractivity contribution in [2.75, 3.05) is 26.2 Å². The Labute approximate surface area is 164 Å². The Morgan fingerprint density at radius 3 is 2.56 bits per heavy atom. The van der Waals surface area contributed by atoms with Crippen LogP contribution in [-0.2, 0) is 4.79 Å². The maximum atomic E-state index is 12.8. The highest BCUT2D eigenvalue weighted by atomic mass is 32.1. The van der Waals surface area contributed by atoms with Gasteiger partial charge in [0, 0.05) is 48.5 Å². The number of amides is 2. The molecule has 0 spiro atoms. The van der Waals surface area contributed by atoms with Gasteiger partial charge in [-0.05, 0) is 36.1 Å². The summed E-state index contributed by atoms with van der Waals surface area (Å²) in [6.45, 7) is 2.38. The Hall–Kier alpha value is -2.32. The normalized spacial score (nSPS) is 22.2. The van der Waals surface area contributed by atoms with Crippen LogP contribution in [0.5, 0.6) is 0 Å².